The molecule has 8 N–H and O–H groups in total. The summed E-state index contributed by atoms with van der Waals surface area (Å²) in [6.07, 6.45) is 0. The molecule has 0 amide bonds. The molecular weight excluding hydrogens is 208 g/mol. The smallest absolute Gasteiger partial charge is 0 e. The fourth-order valence-electron chi connectivity index (χ4n) is 0. The Balaban J connectivity index is 0. The summed E-state index contributed by atoms with van der Waals surface area (Å²) in [5.74, 6) is 0. The molecule has 0 fully saturated rings. The van der Waals surface area contributed by atoms with Crippen LogP contribution in [-0.4, -0.2) is 21.9 Å². The summed E-state index contributed by atoms with van der Waals surface area (Å²) in [6, 6.07) is 0. The van der Waals surface area contributed by atoms with Crippen molar-refractivity contribution in [1.29, 1.82) is 0 Å². The van der Waals surface area contributed by atoms with Crippen LogP contribution in [0.25, 0.3) is 0 Å². The van der Waals surface area contributed by atoms with Gasteiger partial charge in [0.1, 0.15) is 0 Å². The summed E-state index contributed by atoms with van der Waals surface area (Å²) in [7, 11) is 0. The quantitative estimate of drug-likeness (QED) is 0.402. The van der Waals surface area contributed by atoms with Crippen LogP contribution in [0.1, 0.15) is 0 Å². The van der Waals surface area contributed by atoms with Gasteiger partial charge in [0.2, 0.25) is 0 Å². The largest absolute Gasteiger partial charge is 0.412 e. The van der Waals surface area contributed by atoms with E-state index in [-0.39, 0.29) is 62.7 Å². The summed E-state index contributed by atoms with van der Waals surface area (Å²) in [5, 5.41) is 0. The van der Waals surface area contributed by atoms with Crippen molar-refractivity contribution < 1.29 is 62.7 Å². The minimum Gasteiger partial charge on any atom is -0.412 e. The van der Waals surface area contributed by atoms with Crippen LogP contribution in [0.4, 0.5) is 0 Å². The molecule has 0 heterocycles. The zero-order valence-electron chi connectivity index (χ0n) is 2.50. The van der Waals surface area contributed by atoms with Gasteiger partial charge in [-0.2, -0.15) is 0 Å². The molecule has 0 atom stereocenters. The van der Waals surface area contributed by atoms with E-state index in [2.05, 4.69) is 0 Å². The first-order valence-electron chi connectivity index (χ1n) is 0. The van der Waals surface area contributed by atoms with E-state index in [9.17, 15) is 0 Å². The SMILES string of the molecule is O.O.O.O.[Nd]. The Kier molecular flexibility index (Phi) is 1510. The molecule has 0 spiro atoms. The van der Waals surface area contributed by atoms with Crippen LogP contribution in [0.2, 0.25) is 0 Å². The molecule has 0 aliphatic heterocycles. The predicted octanol–water partition coefficient (Wildman–Crippen LogP) is -3.30. The molecular formula is H8NdO4. The average Bonchev–Trinajstić information content (AvgIpc) is 0. The summed E-state index contributed by atoms with van der Waals surface area (Å²) in [6.45, 7) is 0. The third-order valence-corrected chi connectivity index (χ3v) is 0. The first kappa shape index (κ1) is 118. The van der Waals surface area contributed by atoms with Crippen molar-refractivity contribution in [2.24, 2.45) is 0 Å². The summed E-state index contributed by atoms with van der Waals surface area (Å²) >= 11 is 0. The van der Waals surface area contributed by atoms with Gasteiger partial charge in [-0.1, -0.05) is 0 Å². The third kappa shape index (κ3) is 37.3. The van der Waals surface area contributed by atoms with Gasteiger partial charge in [0, 0.05) is 40.8 Å². The first-order chi connectivity index (χ1) is 0. The van der Waals surface area contributed by atoms with Crippen molar-refractivity contribution in [2.45, 2.75) is 0 Å². The van der Waals surface area contributed by atoms with Gasteiger partial charge in [-0.15, -0.1) is 0 Å². The van der Waals surface area contributed by atoms with E-state index in [0.29, 0.717) is 0 Å². The maximum Gasteiger partial charge on any atom is 0 e. The molecule has 0 saturated carbocycles. The maximum absolute atomic E-state index is 0. The van der Waals surface area contributed by atoms with E-state index in [1.54, 1.807) is 0 Å². The average molecular weight is 216 g/mol. The standard InChI is InChI=1S/Nd.4H2O/h;4*1H2. The first-order valence-corrected chi connectivity index (χ1v) is 0. The van der Waals surface area contributed by atoms with Gasteiger partial charge in [-0.3, -0.25) is 0 Å². The number of rotatable bonds is 0. The van der Waals surface area contributed by atoms with E-state index in [1.165, 1.54) is 0 Å². The van der Waals surface area contributed by atoms with Crippen LogP contribution in [0, 0.1) is 40.8 Å². The van der Waals surface area contributed by atoms with Gasteiger partial charge in [0.05, 0.1) is 0 Å². The molecule has 0 aromatic carbocycles. The third-order valence-electron chi connectivity index (χ3n) is 0. The second-order valence-corrected chi connectivity index (χ2v) is 0. The van der Waals surface area contributed by atoms with Crippen LogP contribution in [0.3, 0.4) is 0 Å². The minimum absolute atomic E-state index is 0. The molecule has 0 aromatic heterocycles. The number of hydrogen-bond donors (Lipinski definition) is 0. The fourth-order valence-corrected chi connectivity index (χ4v) is 0. The molecule has 36 valence electrons. The zero-order valence-corrected chi connectivity index (χ0v) is 5.71. The molecule has 4 nitrogen and oxygen atoms in total. The van der Waals surface area contributed by atoms with Crippen LogP contribution in [0.5, 0.6) is 0 Å². The second-order valence-electron chi connectivity index (χ2n) is 0. The van der Waals surface area contributed by atoms with Crippen LogP contribution < -0.4 is 0 Å². The van der Waals surface area contributed by atoms with Gasteiger partial charge in [0.15, 0.2) is 0 Å². The van der Waals surface area contributed by atoms with E-state index < -0.39 is 0 Å². The molecule has 0 bridgehead atoms. The van der Waals surface area contributed by atoms with E-state index >= 15 is 0 Å². The van der Waals surface area contributed by atoms with Crippen molar-refractivity contribution in [2.75, 3.05) is 0 Å². The molecule has 0 aliphatic rings. The van der Waals surface area contributed by atoms with Gasteiger partial charge in [0.25, 0.3) is 0 Å². The summed E-state index contributed by atoms with van der Waals surface area (Å²) in [5.41, 5.74) is 0. The zero-order chi connectivity index (χ0) is 0. The van der Waals surface area contributed by atoms with Crippen molar-refractivity contribution in [3.8, 4) is 0 Å². The second kappa shape index (κ2) is 64.3. The van der Waals surface area contributed by atoms with Crippen molar-refractivity contribution >= 4 is 0 Å². The summed E-state index contributed by atoms with van der Waals surface area (Å²) < 4.78 is 0. The van der Waals surface area contributed by atoms with Gasteiger partial charge >= 0.3 is 0 Å². The van der Waals surface area contributed by atoms with Crippen LogP contribution >= 0.6 is 0 Å². The Hall–Kier alpha value is 1.19. The van der Waals surface area contributed by atoms with Crippen molar-refractivity contribution in [3.63, 3.8) is 0 Å². The minimum atomic E-state index is 0. The predicted molar refractivity (Wildman–Crippen MR) is 14.5 cm³/mol. The van der Waals surface area contributed by atoms with E-state index in [1.807, 2.05) is 0 Å². The molecule has 5 heavy (non-hydrogen) atoms. The molecule has 5 heteroatoms. The monoisotopic (exact) mass is 214 g/mol. The van der Waals surface area contributed by atoms with Gasteiger partial charge in [-0.25, -0.2) is 0 Å². The normalized spacial score (nSPS) is 0. The molecule has 0 radical (unpaired) electrons. The molecule has 0 saturated heterocycles. The van der Waals surface area contributed by atoms with Gasteiger partial charge in [-0.05, 0) is 0 Å². The molecule has 0 unspecified atom stereocenters. The van der Waals surface area contributed by atoms with E-state index in [0.717, 1.165) is 0 Å². The molecule has 0 aliphatic carbocycles. The molecule has 0 aromatic rings. The Morgan fingerprint density at radius 1 is 0.400 bits per heavy atom. The maximum atomic E-state index is 0. The van der Waals surface area contributed by atoms with Gasteiger partial charge < -0.3 is 21.9 Å². The van der Waals surface area contributed by atoms with Crippen LogP contribution in [-0.2, 0) is 0 Å². The van der Waals surface area contributed by atoms with E-state index in [4.69, 9.17) is 0 Å². The Morgan fingerprint density at radius 2 is 0.400 bits per heavy atom. The Labute approximate surface area is 62.3 Å². The fraction of sp³-hybridized carbons (Fsp3) is 0. The van der Waals surface area contributed by atoms with Crippen molar-refractivity contribution in [3.05, 3.63) is 0 Å². The Morgan fingerprint density at radius 3 is 0.400 bits per heavy atom. The van der Waals surface area contributed by atoms with Crippen LogP contribution in [0.15, 0.2) is 0 Å². The Bertz CT molecular complexity index is 3.61. The topological polar surface area (TPSA) is 126 Å². The number of hydrogen-bond acceptors (Lipinski definition) is 0. The van der Waals surface area contributed by atoms with Crippen molar-refractivity contribution in [1.82, 2.24) is 0 Å². The molecule has 0 rings (SSSR count). The summed E-state index contributed by atoms with van der Waals surface area (Å²) in [4.78, 5) is 0.